The largest absolute Gasteiger partial charge is 0.364 e. The van der Waals surface area contributed by atoms with Crippen molar-refractivity contribution in [1.29, 1.82) is 0 Å². The van der Waals surface area contributed by atoms with E-state index in [0.29, 0.717) is 0 Å². The summed E-state index contributed by atoms with van der Waals surface area (Å²) in [6.07, 6.45) is 3.71. The van der Waals surface area contributed by atoms with Crippen LogP contribution >= 0.6 is 27.3 Å². The molecule has 2 heterocycles. The van der Waals surface area contributed by atoms with Gasteiger partial charge in [0.05, 0.1) is 16.0 Å². The number of pyridine rings is 1. The lowest BCUT2D eigenvalue weighted by atomic mass is 10.3. The third kappa shape index (κ3) is 2.59. The van der Waals surface area contributed by atoms with E-state index in [4.69, 9.17) is 0 Å². The minimum absolute atomic E-state index is 0.764. The molecule has 0 atom stereocenters. The summed E-state index contributed by atoms with van der Waals surface area (Å²) in [5, 5.41) is 4.39. The second kappa shape index (κ2) is 4.93. The molecule has 0 fully saturated rings. The number of hydrogen-bond acceptors (Lipinski definition) is 4. The Morgan fingerprint density at radius 1 is 1.38 bits per heavy atom. The zero-order valence-corrected chi connectivity index (χ0v) is 11.5. The predicted molar refractivity (Wildman–Crippen MR) is 70.9 cm³/mol. The number of rotatable bonds is 3. The average Bonchev–Trinajstić information content (AvgIpc) is 2.67. The maximum Gasteiger partial charge on any atom is 0.140 e. The third-order valence-electron chi connectivity index (χ3n) is 2.18. The summed E-state index contributed by atoms with van der Waals surface area (Å²) in [4.78, 5) is 9.72. The van der Waals surface area contributed by atoms with Gasteiger partial charge in [0.25, 0.3) is 0 Å². The van der Waals surface area contributed by atoms with Crippen LogP contribution in [0.15, 0.2) is 22.9 Å². The van der Waals surface area contributed by atoms with Crippen molar-refractivity contribution in [2.45, 2.75) is 20.4 Å². The van der Waals surface area contributed by atoms with Crippen molar-refractivity contribution in [3.05, 3.63) is 38.4 Å². The minimum atomic E-state index is 0.764. The van der Waals surface area contributed by atoms with Crippen LogP contribution in [0.4, 0.5) is 5.82 Å². The van der Waals surface area contributed by atoms with Crippen molar-refractivity contribution < 1.29 is 0 Å². The molecule has 84 valence electrons. The SMILES string of the molecule is Cc1ncc(CNc2nccc(C)c2Br)s1. The van der Waals surface area contributed by atoms with Crippen molar-refractivity contribution in [2.24, 2.45) is 0 Å². The topological polar surface area (TPSA) is 37.8 Å². The number of nitrogens with zero attached hydrogens (tertiary/aromatic N) is 2. The van der Waals surface area contributed by atoms with E-state index >= 15 is 0 Å². The van der Waals surface area contributed by atoms with Gasteiger partial charge in [-0.05, 0) is 41.4 Å². The fraction of sp³-hybridized carbons (Fsp3) is 0.273. The normalized spacial score (nSPS) is 10.4. The van der Waals surface area contributed by atoms with Crippen LogP contribution < -0.4 is 5.32 Å². The molecule has 0 saturated carbocycles. The first-order valence-electron chi connectivity index (χ1n) is 4.93. The molecule has 0 aliphatic heterocycles. The second-order valence-electron chi connectivity index (χ2n) is 3.49. The zero-order chi connectivity index (χ0) is 11.5. The summed E-state index contributed by atoms with van der Waals surface area (Å²) >= 11 is 5.22. The number of nitrogens with one attached hydrogen (secondary N) is 1. The molecule has 0 amide bonds. The van der Waals surface area contributed by atoms with E-state index in [1.807, 2.05) is 26.1 Å². The zero-order valence-electron chi connectivity index (χ0n) is 9.12. The molecule has 2 rings (SSSR count). The van der Waals surface area contributed by atoms with Crippen LogP contribution in [0.25, 0.3) is 0 Å². The maximum atomic E-state index is 4.29. The Labute approximate surface area is 107 Å². The molecule has 0 saturated heterocycles. The van der Waals surface area contributed by atoms with E-state index < -0.39 is 0 Å². The Bertz CT molecular complexity index is 496. The van der Waals surface area contributed by atoms with E-state index in [9.17, 15) is 0 Å². The average molecular weight is 298 g/mol. The monoisotopic (exact) mass is 297 g/mol. The highest BCUT2D eigenvalue weighted by Crippen LogP contribution is 2.24. The Balaban J connectivity index is 2.07. The van der Waals surface area contributed by atoms with Crippen molar-refractivity contribution in [3.63, 3.8) is 0 Å². The van der Waals surface area contributed by atoms with Crippen LogP contribution in [0.2, 0.25) is 0 Å². The van der Waals surface area contributed by atoms with Crippen LogP contribution in [-0.2, 0) is 6.54 Å². The first-order valence-corrected chi connectivity index (χ1v) is 6.54. The van der Waals surface area contributed by atoms with Crippen LogP contribution in [-0.4, -0.2) is 9.97 Å². The standard InChI is InChI=1S/C11H12BrN3S/c1-7-3-4-13-11(10(7)12)15-6-9-5-14-8(2)16-9/h3-5H,6H2,1-2H3,(H,13,15). The van der Waals surface area contributed by atoms with Gasteiger partial charge in [0, 0.05) is 17.3 Å². The van der Waals surface area contributed by atoms with Gasteiger partial charge >= 0.3 is 0 Å². The van der Waals surface area contributed by atoms with Gasteiger partial charge in [-0.2, -0.15) is 0 Å². The lowest BCUT2D eigenvalue weighted by Crippen LogP contribution is -2.01. The van der Waals surface area contributed by atoms with E-state index in [0.717, 1.165) is 21.8 Å². The molecular weight excluding hydrogens is 286 g/mol. The molecule has 0 spiro atoms. The molecule has 3 nitrogen and oxygen atoms in total. The van der Waals surface area contributed by atoms with Crippen molar-refractivity contribution in [1.82, 2.24) is 9.97 Å². The molecule has 1 N–H and O–H groups in total. The van der Waals surface area contributed by atoms with E-state index in [-0.39, 0.29) is 0 Å². The molecule has 0 aliphatic carbocycles. The summed E-state index contributed by atoms with van der Waals surface area (Å²) in [5.74, 6) is 0.881. The van der Waals surface area contributed by atoms with E-state index in [1.165, 1.54) is 10.4 Å². The lowest BCUT2D eigenvalue weighted by molar-refractivity contribution is 1.11. The molecule has 16 heavy (non-hydrogen) atoms. The van der Waals surface area contributed by atoms with Gasteiger partial charge in [0.2, 0.25) is 0 Å². The molecule has 0 aliphatic rings. The maximum absolute atomic E-state index is 4.29. The third-order valence-corrected chi connectivity index (χ3v) is 4.10. The van der Waals surface area contributed by atoms with Gasteiger partial charge in [-0.25, -0.2) is 9.97 Å². The summed E-state index contributed by atoms with van der Waals surface area (Å²) in [6.45, 7) is 4.82. The Morgan fingerprint density at radius 2 is 2.19 bits per heavy atom. The van der Waals surface area contributed by atoms with Gasteiger partial charge in [0.15, 0.2) is 0 Å². The van der Waals surface area contributed by atoms with Gasteiger partial charge in [-0.15, -0.1) is 11.3 Å². The second-order valence-corrected chi connectivity index (χ2v) is 5.60. The van der Waals surface area contributed by atoms with Crippen molar-refractivity contribution in [3.8, 4) is 0 Å². The molecule has 2 aromatic heterocycles. The van der Waals surface area contributed by atoms with Gasteiger partial charge in [-0.3, -0.25) is 0 Å². The summed E-state index contributed by atoms with van der Waals surface area (Å²) < 4.78 is 1.02. The van der Waals surface area contributed by atoms with Crippen LogP contribution in [0.1, 0.15) is 15.4 Å². The number of halogens is 1. The summed E-state index contributed by atoms with van der Waals surface area (Å²) in [6, 6.07) is 1.98. The number of anilines is 1. The first-order chi connectivity index (χ1) is 7.66. The summed E-state index contributed by atoms with van der Waals surface area (Å²) in [7, 11) is 0. The Morgan fingerprint density at radius 3 is 2.88 bits per heavy atom. The minimum Gasteiger partial charge on any atom is -0.364 e. The Hall–Kier alpha value is -0.940. The van der Waals surface area contributed by atoms with Crippen molar-refractivity contribution >= 4 is 33.1 Å². The highest BCUT2D eigenvalue weighted by Gasteiger charge is 2.04. The molecular formula is C11H12BrN3S. The lowest BCUT2D eigenvalue weighted by Gasteiger charge is -2.07. The van der Waals surface area contributed by atoms with E-state index in [1.54, 1.807) is 17.5 Å². The number of thiazole rings is 1. The van der Waals surface area contributed by atoms with Gasteiger partial charge in [-0.1, -0.05) is 0 Å². The highest BCUT2D eigenvalue weighted by atomic mass is 79.9. The molecule has 5 heteroatoms. The smallest absolute Gasteiger partial charge is 0.140 e. The fourth-order valence-electron chi connectivity index (χ4n) is 1.32. The van der Waals surface area contributed by atoms with E-state index in [2.05, 4.69) is 31.2 Å². The molecule has 0 aromatic carbocycles. The van der Waals surface area contributed by atoms with Crippen LogP contribution in [0, 0.1) is 13.8 Å². The predicted octanol–water partition coefficient (Wildman–Crippen LogP) is 3.53. The molecule has 0 bridgehead atoms. The number of aryl methyl sites for hydroxylation is 2. The Kier molecular flexibility index (Phi) is 3.56. The van der Waals surface area contributed by atoms with Crippen LogP contribution in [0.3, 0.4) is 0 Å². The molecule has 0 unspecified atom stereocenters. The van der Waals surface area contributed by atoms with Gasteiger partial charge < -0.3 is 5.32 Å². The number of aromatic nitrogens is 2. The van der Waals surface area contributed by atoms with Crippen molar-refractivity contribution in [2.75, 3.05) is 5.32 Å². The quantitative estimate of drug-likeness (QED) is 0.942. The first kappa shape index (κ1) is 11.5. The van der Waals surface area contributed by atoms with Gasteiger partial charge in [0.1, 0.15) is 5.82 Å². The van der Waals surface area contributed by atoms with Crippen LogP contribution in [0.5, 0.6) is 0 Å². The molecule has 2 aromatic rings. The molecule has 0 radical (unpaired) electrons. The summed E-state index contributed by atoms with van der Waals surface area (Å²) in [5.41, 5.74) is 1.18. The fourth-order valence-corrected chi connectivity index (χ4v) is 2.43. The number of hydrogen-bond donors (Lipinski definition) is 1. The highest BCUT2D eigenvalue weighted by molar-refractivity contribution is 9.10.